The Morgan fingerprint density at radius 3 is 2.86 bits per heavy atom. The summed E-state index contributed by atoms with van der Waals surface area (Å²) in [6.45, 7) is 6.17. The third kappa shape index (κ3) is 3.81. The Kier molecular flexibility index (Phi) is 5.45. The Morgan fingerprint density at radius 2 is 2.07 bits per heavy atom. The van der Waals surface area contributed by atoms with E-state index in [4.69, 9.17) is 4.74 Å². The molecule has 0 unspecified atom stereocenters. The molecule has 148 valence electrons. The number of ether oxygens (including phenoxy) is 1. The molecule has 7 heteroatoms. The van der Waals surface area contributed by atoms with Crippen LogP contribution in [0.25, 0.3) is 0 Å². The Morgan fingerprint density at radius 1 is 1.21 bits per heavy atom. The number of benzene rings is 1. The fourth-order valence-corrected chi connectivity index (χ4v) is 3.79. The number of aliphatic hydroxyl groups is 1. The Labute approximate surface area is 165 Å². The standard InChI is InChI=1S/C21H27N5O2/c1-3-28-20-8-5-4-7-16(20)14-25-11-6-12-26-17(15-25)13-18(23-26)21(27)19-9-10-22-24(19)2/h4-5,7-10,13,21,27H,3,6,11-12,14-15H2,1-2H3/t21-/m0/s1. The maximum Gasteiger partial charge on any atom is 0.139 e. The summed E-state index contributed by atoms with van der Waals surface area (Å²) in [5, 5.41) is 19.5. The van der Waals surface area contributed by atoms with Crippen molar-refractivity contribution in [3.8, 4) is 5.75 Å². The van der Waals surface area contributed by atoms with E-state index in [1.807, 2.05) is 42.9 Å². The third-order valence-corrected chi connectivity index (χ3v) is 5.20. The van der Waals surface area contributed by atoms with Gasteiger partial charge in [0.1, 0.15) is 11.9 Å². The summed E-state index contributed by atoms with van der Waals surface area (Å²) in [6, 6.07) is 12.1. The minimum atomic E-state index is -0.765. The van der Waals surface area contributed by atoms with Crippen molar-refractivity contribution in [1.29, 1.82) is 0 Å². The average Bonchev–Trinajstić information content (AvgIpc) is 3.25. The molecule has 1 aromatic carbocycles. The summed E-state index contributed by atoms with van der Waals surface area (Å²) in [5.41, 5.74) is 3.75. The number of hydrogen-bond acceptors (Lipinski definition) is 5. The number of aromatic nitrogens is 4. The quantitative estimate of drug-likeness (QED) is 0.711. The third-order valence-electron chi connectivity index (χ3n) is 5.20. The Balaban J connectivity index is 1.52. The molecule has 0 bridgehead atoms. The minimum Gasteiger partial charge on any atom is -0.494 e. The lowest BCUT2D eigenvalue weighted by Gasteiger charge is -2.21. The van der Waals surface area contributed by atoms with E-state index >= 15 is 0 Å². The number of aryl methyl sites for hydroxylation is 2. The van der Waals surface area contributed by atoms with Crippen molar-refractivity contribution in [1.82, 2.24) is 24.5 Å². The maximum absolute atomic E-state index is 10.7. The molecule has 0 saturated heterocycles. The van der Waals surface area contributed by atoms with Gasteiger partial charge in [-0.3, -0.25) is 14.3 Å². The molecule has 0 radical (unpaired) electrons. The number of nitrogens with zero attached hydrogens (tertiary/aromatic N) is 5. The molecular weight excluding hydrogens is 354 g/mol. The molecule has 0 aliphatic carbocycles. The fourth-order valence-electron chi connectivity index (χ4n) is 3.79. The van der Waals surface area contributed by atoms with E-state index in [1.165, 1.54) is 5.56 Å². The van der Waals surface area contributed by atoms with Gasteiger partial charge in [-0.15, -0.1) is 0 Å². The molecule has 3 heterocycles. The number of hydrogen-bond donors (Lipinski definition) is 1. The van der Waals surface area contributed by atoms with Crippen molar-refractivity contribution in [3.05, 3.63) is 65.2 Å². The number of fused-ring (bicyclic) bond motifs is 1. The van der Waals surface area contributed by atoms with Gasteiger partial charge >= 0.3 is 0 Å². The van der Waals surface area contributed by atoms with Gasteiger partial charge in [0.2, 0.25) is 0 Å². The lowest BCUT2D eigenvalue weighted by molar-refractivity contribution is 0.203. The topological polar surface area (TPSA) is 68.3 Å². The number of aliphatic hydroxyl groups excluding tert-OH is 1. The predicted octanol–water partition coefficient (Wildman–Crippen LogP) is 2.50. The maximum atomic E-state index is 10.7. The van der Waals surface area contributed by atoms with E-state index in [0.717, 1.165) is 49.7 Å². The average molecular weight is 381 g/mol. The second kappa shape index (κ2) is 8.16. The van der Waals surface area contributed by atoms with Crippen LogP contribution in [-0.4, -0.2) is 42.7 Å². The summed E-state index contributed by atoms with van der Waals surface area (Å²) >= 11 is 0. The summed E-state index contributed by atoms with van der Waals surface area (Å²) in [6.07, 6.45) is 1.95. The van der Waals surface area contributed by atoms with Crippen molar-refractivity contribution < 1.29 is 9.84 Å². The first-order chi connectivity index (χ1) is 13.7. The van der Waals surface area contributed by atoms with Crippen molar-refractivity contribution >= 4 is 0 Å². The molecule has 1 N–H and O–H groups in total. The number of rotatable bonds is 6. The SMILES string of the molecule is CCOc1ccccc1CN1CCCn2nc([C@H](O)c3ccnn3C)cc2C1. The van der Waals surface area contributed by atoms with E-state index in [9.17, 15) is 5.11 Å². The highest BCUT2D eigenvalue weighted by atomic mass is 16.5. The van der Waals surface area contributed by atoms with E-state index in [0.29, 0.717) is 12.3 Å². The summed E-state index contributed by atoms with van der Waals surface area (Å²) < 4.78 is 9.50. The lowest BCUT2D eigenvalue weighted by Crippen LogP contribution is -2.23. The predicted molar refractivity (Wildman–Crippen MR) is 106 cm³/mol. The molecule has 0 amide bonds. The highest BCUT2D eigenvalue weighted by Crippen LogP contribution is 2.25. The lowest BCUT2D eigenvalue weighted by atomic mass is 10.1. The molecule has 7 nitrogen and oxygen atoms in total. The van der Waals surface area contributed by atoms with Crippen molar-refractivity contribution in [2.45, 2.75) is 39.1 Å². The molecule has 0 saturated carbocycles. The molecule has 2 aromatic heterocycles. The van der Waals surface area contributed by atoms with Gasteiger partial charge in [-0.25, -0.2) is 0 Å². The van der Waals surface area contributed by atoms with Crippen LogP contribution in [-0.2, 0) is 26.7 Å². The second-order valence-electron chi connectivity index (χ2n) is 7.17. The van der Waals surface area contributed by atoms with Crippen molar-refractivity contribution in [2.75, 3.05) is 13.2 Å². The Hall–Kier alpha value is -2.64. The van der Waals surface area contributed by atoms with Crippen molar-refractivity contribution in [2.24, 2.45) is 7.05 Å². The van der Waals surface area contributed by atoms with Gasteiger partial charge in [0, 0.05) is 45.0 Å². The van der Waals surface area contributed by atoms with Crippen LogP contribution >= 0.6 is 0 Å². The first-order valence-electron chi connectivity index (χ1n) is 9.81. The zero-order chi connectivity index (χ0) is 19.5. The van der Waals surface area contributed by atoms with Crippen LogP contribution in [0.4, 0.5) is 0 Å². The first kappa shape index (κ1) is 18.7. The van der Waals surface area contributed by atoms with E-state index in [1.54, 1.807) is 10.9 Å². The first-order valence-corrected chi connectivity index (χ1v) is 9.81. The van der Waals surface area contributed by atoms with Crippen molar-refractivity contribution in [3.63, 3.8) is 0 Å². The van der Waals surface area contributed by atoms with Crippen LogP contribution in [0.15, 0.2) is 42.6 Å². The summed E-state index contributed by atoms with van der Waals surface area (Å²) in [7, 11) is 1.83. The normalized spacial score (nSPS) is 15.8. The molecule has 0 spiro atoms. The number of para-hydroxylation sites is 1. The molecule has 28 heavy (non-hydrogen) atoms. The molecule has 4 rings (SSSR count). The van der Waals surface area contributed by atoms with Crippen LogP contribution in [0.1, 0.15) is 42.1 Å². The monoisotopic (exact) mass is 381 g/mol. The van der Waals surface area contributed by atoms with Crippen LogP contribution in [0, 0.1) is 0 Å². The molecule has 0 fully saturated rings. The van der Waals surface area contributed by atoms with Gasteiger partial charge in [0.15, 0.2) is 0 Å². The molecule has 1 atom stereocenters. The zero-order valence-corrected chi connectivity index (χ0v) is 16.5. The van der Waals surface area contributed by atoms with Gasteiger partial charge < -0.3 is 9.84 Å². The van der Waals surface area contributed by atoms with E-state index in [2.05, 4.69) is 27.2 Å². The van der Waals surface area contributed by atoms with E-state index in [-0.39, 0.29) is 0 Å². The summed E-state index contributed by atoms with van der Waals surface area (Å²) in [4.78, 5) is 2.42. The molecular formula is C21H27N5O2. The zero-order valence-electron chi connectivity index (χ0n) is 16.5. The van der Waals surface area contributed by atoms with Gasteiger partial charge in [0.25, 0.3) is 0 Å². The molecule has 1 aliphatic rings. The smallest absolute Gasteiger partial charge is 0.139 e. The minimum absolute atomic E-state index is 0.666. The highest BCUT2D eigenvalue weighted by Gasteiger charge is 2.22. The molecule has 1 aliphatic heterocycles. The van der Waals surface area contributed by atoms with Crippen LogP contribution in [0.5, 0.6) is 5.75 Å². The molecule has 3 aromatic rings. The van der Waals surface area contributed by atoms with Gasteiger partial charge in [-0.2, -0.15) is 10.2 Å². The van der Waals surface area contributed by atoms with Gasteiger partial charge in [-0.05, 0) is 31.5 Å². The van der Waals surface area contributed by atoms with Crippen LogP contribution in [0.2, 0.25) is 0 Å². The van der Waals surface area contributed by atoms with Crippen LogP contribution in [0.3, 0.4) is 0 Å². The second-order valence-corrected chi connectivity index (χ2v) is 7.17. The van der Waals surface area contributed by atoms with Gasteiger partial charge in [0.05, 0.1) is 23.7 Å². The fraction of sp³-hybridized carbons (Fsp3) is 0.429. The van der Waals surface area contributed by atoms with Crippen LogP contribution < -0.4 is 4.74 Å². The summed E-state index contributed by atoms with van der Waals surface area (Å²) in [5.74, 6) is 0.954. The largest absolute Gasteiger partial charge is 0.494 e. The Bertz CT molecular complexity index is 933. The van der Waals surface area contributed by atoms with E-state index < -0.39 is 6.10 Å². The highest BCUT2D eigenvalue weighted by molar-refractivity contribution is 5.33. The van der Waals surface area contributed by atoms with Gasteiger partial charge in [-0.1, -0.05) is 18.2 Å².